The van der Waals surface area contributed by atoms with E-state index in [9.17, 15) is 19.2 Å². The third-order valence-electron chi connectivity index (χ3n) is 4.94. The van der Waals surface area contributed by atoms with Gasteiger partial charge < -0.3 is 10.5 Å². The van der Waals surface area contributed by atoms with Crippen molar-refractivity contribution in [3.8, 4) is 0 Å². The molecule has 2 heterocycles. The van der Waals surface area contributed by atoms with Crippen molar-refractivity contribution >= 4 is 28.9 Å². The summed E-state index contributed by atoms with van der Waals surface area (Å²) in [6, 6.07) is 0. The van der Waals surface area contributed by atoms with Crippen LogP contribution in [0.1, 0.15) is 44.5 Å². The smallest absolute Gasteiger partial charge is 0.339 e. The molecule has 27 heavy (non-hydrogen) atoms. The molecule has 144 valence electrons. The fraction of sp³-hybridized carbons (Fsp3) is 0.444. The van der Waals surface area contributed by atoms with E-state index < -0.39 is 29.6 Å². The molecule has 0 aliphatic heterocycles. The molecule has 0 saturated carbocycles. The number of anilines is 1. The Kier molecular flexibility index (Phi) is 5.05. The fourth-order valence-electron chi connectivity index (χ4n) is 3.25. The minimum Gasteiger partial charge on any atom is -0.454 e. The minimum absolute atomic E-state index is 0.244. The third kappa shape index (κ3) is 3.34. The highest BCUT2D eigenvalue weighted by Crippen LogP contribution is 2.33. The zero-order chi connectivity index (χ0) is 19.9. The van der Waals surface area contributed by atoms with Gasteiger partial charge in [-0.3, -0.25) is 18.7 Å². The first-order chi connectivity index (χ1) is 12.7. The number of rotatable bonds is 4. The number of ketones is 1. The van der Waals surface area contributed by atoms with E-state index in [4.69, 9.17) is 10.5 Å². The van der Waals surface area contributed by atoms with Crippen LogP contribution in [0.25, 0.3) is 0 Å². The summed E-state index contributed by atoms with van der Waals surface area (Å²) >= 11 is 1.53. The maximum atomic E-state index is 12.4. The molecule has 1 atom stereocenters. The van der Waals surface area contributed by atoms with Crippen LogP contribution in [-0.4, -0.2) is 27.5 Å². The number of aromatic nitrogens is 2. The summed E-state index contributed by atoms with van der Waals surface area (Å²) in [5.74, 6) is -0.984. The number of thiophene rings is 1. The van der Waals surface area contributed by atoms with Crippen LogP contribution in [0.15, 0.2) is 15.0 Å². The second kappa shape index (κ2) is 7.15. The van der Waals surface area contributed by atoms with Gasteiger partial charge in [-0.1, -0.05) is 6.92 Å². The van der Waals surface area contributed by atoms with Gasteiger partial charge in [-0.2, -0.15) is 0 Å². The predicted octanol–water partition coefficient (Wildman–Crippen LogP) is 0.892. The molecule has 1 aliphatic carbocycles. The van der Waals surface area contributed by atoms with E-state index >= 15 is 0 Å². The van der Waals surface area contributed by atoms with Gasteiger partial charge in [0.05, 0.1) is 5.56 Å². The number of hydrogen-bond donors (Lipinski definition) is 1. The molecule has 0 spiro atoms. The number of carbonyl (C=O) groups excluding carboxylic acids is 2. The van der Waals surface area contributed by atoms with E-state index in [0.717, 1.165) is 34.0 Å². The summed E-state index contributed by atoms with van der Waals surface area (Å²) in [5.41, 5.74) is 5.43. The first-order valence-electron chi connectivity index (χ1n) is 8.57. The van der Waals surface area contributed by atoms with Crippen molar-refractivity contribution in [2.45, 2.75) is 26.2 Å². The molecule has 0 radical (unpaired) electrons. The van der Waals surface area contributed by atoms with Gasteiger partial charge in [0.2, 0.25) is 5.78 Å². The number of Topliss-reactive ketones (excluding diaryl/α,β-unsaturated/α-hetero) is 1. The van der Waals surface area contributed by atoms with Crippen LogP contribution < -0.4 is 17.0 Å². The molecular weight excluding hydrogens is 370 g/mol. The largest absolute Gasteiger partial charge is 0.454 e. The number of hydrogen-bond acceptors (Lipinski definition) is 7. The molecule has 3 rings (SSSR count). The van der Waals surface area contributed by atoms with E-state index in [1.54, 1.807) is 5.38 Å². The monoisotopic (exact) mass is 391 g/mol. The normalized spacial score (nSPS) is 16.0. The van der Waals surface area contributed by atoms with Crippen LogP contribution >= 0.6 is 11.3 Å². The Morgan fingerprint density at radius 2 is 2.00 bits per heavy atom. The maximum Gasteiger partial charge on any atom is 0.339 e. The van der Waals surface area contributed by atoms with Gasteiger partial charge in [0, 0.05) is 24.4 Å². The number of esters is 1. The number of carbonyl (C=O) groups is 2. The lowest BCUT2D eigenvalue weighted by atomic mass is 9.88. The van der Waals surface area contributed by atoms with Crippen molar-refractivity contribution in [1.82, 2.24) is 9.13 Å². The van der Waals surface area contributed by atoms with Crippen LogP contribution in [0.2, 0.25) is 0 Å². The molecule has 1 unspecified atom stereocenters. The second-order valence-electron chi connectivity index (χ2n) is 6.86. The zero-order valence-corrected chi connectivity index (χ0v) is 16.2. The summed E-state index contributed by atoms with van der Waals surface area (Å²) in [6.07, 6.45) is 2.76. The lowest BCUT2D eigenvalue weighted by Crippen LogP contribution is -2.42. The lowest BCUT2D eigenvalue weighted by Gasteiger charge is -2.18. The van der Waals surface area contributed by atoms with Crippen LogP contribution in [-0.2, 0) is 31.7 Å². The highest BCUT2D eigenvalue weighted by Gasteiger charge is 2.26. The first kappa shape index (κ1) is 19.1. The second-order valence-corrected chi connectivity index (χ2v) is 7.83. The van der Waals surface area contributed by atoms with Crippen LogP contribution in [0.4, 0.5) is 5.82 Å². The quantitative estimate of drug-likeness (QED) is 0.612. The van der Waals surface area contributed by atoms with Gasteiger partial charge in [0.25, 0.3) is 5.56 Å². The molecule has 8 nitrogen and oxygen atoms in total. The van der Waals surface area contributed by atoms with Gasteiger partial charge in [0.1, 0.15) is 11.4 Å². The summed E-state index contributed by atoms with van der Waals surface area (Å²) in [7, 11) is 2.62. The zero-order valence-electron chi connectivity index (χ0n) is 15.4. The van der Waals surface area contributed by atoms with Gasteiger partial charge in [0.15, 0.2) is 6.61 Å². The van der Waals surface area contributed by atoms with Crippen molar-refractivity contribution in [3.05, 3.63) is 47.8 Å². The number of nitrogens with zero attached hydrogens (tertiary/aromatic N) is 2. The van der Waals surface area contributed by atoms with Crippen LogP contribution in [0.3, 0.4) is 0 Å². The number of nitrogen functional groups attached to an aromatic ring is 1. The SMILES string of the molecule is CC1CCc2c(C(=O)OCC(=O)c3c(N)n(C)c(=O)n(C)c3=O)csc2C1. The number of fused-ring (bicyclic) bond motifs is 1. The van der Waals surface area contributed by atoms with E-state index in [1.165, 1.54) is 30.3 Å². The van der Waals surface area contributed by atoms with Gasteiger partial charge in [-0.25, -0.2) is 9.59 Å². The van der Waals surface area contributed by atoms with Gasteiger partial charge >= 0.3 is 11.7 Å². The Morgan fingerprint density at radius 1 is 1.30 bits per heavy atom. The van der Waals surface area contributed by atoms with Crippen molar-refractivity contribution in [3.63, 3.8) is 0 Å². The van der Waals surface area contributed by atoms with Gasteiger partial charge in [-0.05, 0) is 30.7 Å². The van der Waals surface area contributed by atoms with E-state index in [2.05, 4.69) is 6.92 Å². The van der Waals surface area contributed by atoms with Crippen molar-refractivity contribution in [2.75, 3.05) is 12.3 Å². The number of ether oxygens (including phenoxy) is 1. The molecule has 0 amide bonds. The van der Waals surface area contributed by atoms with Crippen LogP contribution in [0, 0.1) is 5.92 Å². The van der Waals surface area contributed by atoms with Crippen molar-refractivity contribution in [2.24, 2.45) is 20.0 Å². The average Bonchev–Trinajstić information content (AvgIpc) is 3.06. The standard InChI is InChI=1S/C18H21N3O5S/c1-9-4-5-10-11(8-27-13(10)6-9)17(24)26-7-12(22)14-15(19)20(2)18(25)21(3)16(14)23/h8-9H,4-7,19H2,1-3H3. The van der Waals surface area contributed by atoms with E-state index in [-0.39, 0.29) is 11.4 Å². The Labute approximate surface area is 159 Å². The van der Waals surface area contributed by atoms with Crippen molar-refractivity contribution < 1.29 is 14.3 Å². The Hall–Kier alpha value is -2.68. The fourth-order valence-corrected chi connectivity index (χ4v) is 4.49. The summed E-state index contributed by atoms with van der Waals surface area (Å²) in [5, 5.41) is 1.76. The molecule has 1 aliphatic rings. The van der Waals surface area contributed by atoms with Crippen LogP contribution in [0.5, 0.6) is 0 Å². The highest BCUT2D eigenvalue weighted by atomic mass is 32.1. The maximum absolute atomic E-state index is 12.4. The Bertz CT molecular complexity index is 1050. The molecule has 2 N–H and O–H groups in total. The first-order valence-corrected chi connectivity index (χ1v) is 9.45. The lowest BCUT2D eigenvalue weighted by molar-refractivity contribution is 0.0473. The topological polar surface area (TPSA) is 113 Å². The van der Waals surface area contributed by atoms with Crippen molar-refractivity contribution in [1.29, 1.82) is 0 Å². The molecule has 0 fully saturated rings. The van der Waals surface area contributed by atoms with Gasteiger partial charge in [-0.15, -0.1) is 11.3 Å². The summed E-state index contributed by atoms with van der Waals surface area (Å²) < 4.78 is 6.94. The average molecular weight is 391 g/mol. The molecule has 0 saturated heterocycles. The molecule has 2 aromatic rings. The third-order valence-corrected chi connectivity index (χ3v) is 6.00. The molecular formula is C18H21N3O5S. The summed E-state index contributed by atoms with van der Waals surface area (Å²) in [6.45, 7) is 1.56. The molecule has 9 heteroatoms. The molecule has 0 aromatic carbocycles. The summed E-state index contributed by atoms with van der Waals surface area (Å²) in [4.78, 5) is 50.0. The molecule has 2 aromatic heterocycles. The van der Waals surface area contributed by atoms with E-state index in [0.29, 0.717) is 11.5 Å². The van der Waals surface area contributed by atoms with E-state index in [1.807, 2.05) is 0 Å². The molecule has 0 bridgehead atoms. The predicted molar refractivity (Wildman–Crippen MR) is 101 cm³/mol. The minimum atomic E-state index is -0.807. The number of nitrogens with two attached hydrogens (primary N) is 1. The highest BCUT2D eigenvalue weighted by molar-refractivity contribution is 7.10. The Balaban J connectivity index is 1.79. The Morgan fingerprint density at radius 3 is 2.70 bits per heavy atom.